The summed E-state index contributed by atoms with van der Waals surface area (Å²) in [5.74, 6) is -0.881. The smallest absolute Gasteiger partial charge is 0.341 e. The highest BCUT2D eigenvalue weighted by atomic mass is 16.5. The van der Waals surface area contributed by atoms with Crippen LogP contribution in [-0.4, -0.2) is 47.5 Å². The van der Waals surface area contributed by atoms with E-state index in [-0.39, 0.29) is 18.6 Å². The number of rotatable bonds is 5. The molecule has 0 unspecified atom stereocenters. The van der Waals surface area contributed by atoms with Crippen molar-refractivity contribution in [2.45, 2.75) is 18.9 Å². The zero-order chi connectivity index (χ0) is 13.7. The van der Waals surface area contributed by atoms with E-state index in [4.69, 9.17) is 9.47 Å². The molecule has 0 aliphatic carbocycles. The average molecular weight is 267 g/mol. The maximum Gasteiger partial charge on any atom is 0.341 e. The van der Waals surface area contributed by atoms with Crippen molar-refractivity contribution in [2.24, 2.45) is 7.05 Å². The van der Waals surface area contributed by atoms with E-state index in [0.29, 0.717) is 12.1 Å². The molecule has 1 fully saturated rings. The number of carbonyl (C=O) groups is 2. The SMILES string of the molecule is Cn1cc(C(=O)OCC(=O)NC[C@@H]2CCCO2)cn1. The van der Waals surface area contributed by atoms with Crippen LogP contribution >= 0.6 is 0 Å². The molecule has 7 nitrogen and oxygen atoms in total. The van der Waals surface area contributed by atoms with Gasteiger partial charge in [-0.15, -0.1) is 0 Å². The third-order valence-corrected chi connectivity index (χ3v) is 2.83. The Morgan fingerprint density at radius 2 is 2.47 bits per heavy atom. The van der Waals surface area contributed by atoms with Gasteiger partial charge in [0.2, 0.25) is 0 Å². The number of carbonyl (C=O) groups excluding carboxylic acids is 2. The fraction of sp³-hybridized carbons (Fsp3) is 0.583. The molecule has 104 valence electrons. The number of amides is 1. The third-order valence-electron chi connectivity index (χ3n) is 2.83. The van der Waals surface area contributed by atoms with Gasteiger partial charge in [-0.05, 0) is 12.8 Å². The number of ether oxygens (including phenoxy) is 2. The van der Waals surface area contributed by atoms with Crippen LogP contribution in [0.2, 0.25) is 0 Å². The van der Waals surface area contributed by atoms with Crippen molar-refractivity contribution in [1.82, 2.24) is 15.1 Å². The van der Waals surface area contributed by atoms with Crippen LogP contribution in [0.3, 0.4) is 0 Å². The first-order valence-electron chi connectivity index (χ1n) is 6.19. The number of hydrogen-bond acceptors (Lipinski definition) is 5. The van der Waals surface area contributed by atoms with E-state index in [1.165, 1.54) is 17.1 Å². The summed E-state index contributed by atoms with van der Waals surface area (Å²) in [5.41, 5.74) is 0.328. The Kier molecular flexibility index (Phi) is 4.51. The summed E-state index contributed by atoms with van der Waals surface area (Å²) in [6, 6.07) is 0. The van der Waals surface area contributed by atoms with Crippen molar-refractivity contribution in [3.63, 3.8) is 0 Å². The van der Waals surface area contributed by atoms with Gasteiger partial charge >= 0.3 is 5.97 Å². The van der Waals surface area contributed by atoms with Crippen molar-refractivity contribution in [1.29, 1.82) is 0 Å². The van der Waals surface area contributed by atoms with Crippen LogP contribution in [0.25, 0.3) is 0 Å². The Labute approximate surface area is 110 Å². The summed E-state index contributed by atoms with van der Waals surface area (Å²) in [7, 11) is 1.70. The lowest BCUT2D eigenvalue weighted by molar-refractivity contribution is -0.124. The summed E-state index contributed by atoms with van der Waals surface area (Å²) in [5, 5.41) is 6.53. The zero-order valence-corrected chi connectivity index (χ0v) is 10.8. The van der Waals surface area contributed by atoms with Crippen LogP contribution in [0.5, 0.6) is 0 Å². The van der Waals surface area contributed by atoms with Crippen LogP contribution in [-0.2, 0) is 21.3 Å². The van der Waals surface area contributed by atoms with Gasteiger partial charge in [-0.25, -0.2) is 4.79 Å². The minimum absolute atomic E-state index is 0.0815. The monoisotopic (exact) mass is 267 g/mol. The molecule has 1 aromatic rings. The number of aromatic nitrogens is 2. The first-order valence-corrected chi connectivity index (χ1v) is 6.19. The fourth-order valence-corrected chi connectivity index (χ4v) is 1.83. The van der Waals surface area contributed by atoms with E-state index in [9.17, 15) is 9.59 Å². The molecule has 2 heterocycles. The average Bonchev–Trinajstić information content (AvgIpc) is 3.04. The summed E-state index contributed by atoms with van der Waals surface area (Å²) in [6.45, 7) is 0.917. The van der Waals surface area contributed by atoms with Gasteiger partial charge in [0, 0.05) is 26.4 Å². The third kappa shape index (κ3) is 4.06. The second kappa shape index (κ2) is 6.33. The summed E-state index contributed by atoms with van der Waals surface area (Å²) < 4.78 is 11.7. The molecule has 1 amide bonds. The van der Waals surface area contributed by atoms with Crippen LogP contribution in [0, 0.1) is 0 Å². The Bertz CT molecular complexity index is 452. The molecule has 7 heteroatoms. The van der Waals surface area contributed by atoms with Gasteiger partial charge in [-0.3, -0.25) is 9.48 Å². The first-order chi connectivity index (χ1) is 9.15. The standard InChI is InChI=1S/C12H17N3O4/c1-15-7-9(5-14-15)12(17)19-8-11(16)13-6-10-3-2-4-18-10/h5,7,10H,2-4,6,8H2,1H3,(H,13,16)/t10-/m0/s1. The van der Waals surface area contributed by atoms with Crippen molar-refractivity contribution >= 4 is 11.9 Å². The maximum atomic E-state index is 11.5. The van der Waals surface area contributed by atoms with E-state index in [1.54, 1.807) is 7.05 Å². The van der Waals surface area contributed by atoms with Gasteiger partial charge in [-0.1, -0.05) is 0 Å². The normalized spacial score (nSPS) is 18.3. The second-order valence-electron chi connectivity index (χ2n) is 4.42. The predicted molar refractivity (Wildman–Crippen MR) is 65.5 cm³/mol. The zero-order valence-electron chi connectivity index (χ0n) is 10.8. The summed E-state index contributed by atoms with van der Waals surface area (Å²) in [4.78, 5) is 23.0. The highest BCUT2D eigenvalue weighted by Gasteiger charge is 2.17. The highest BCUT2D eigenvalue weighted by Crippen LogP contribution is 2.10. The van der Waals surface area contributed by atoms with Crippen molar-refractivity contribution < 1.29 is 19.1 Å². The molecule has 1 aliphatic rings. The van der Waals surface area contributed by atoms with E-state index >= 15 is 0 Å². The van der Waals surface area contributed by atoms with Crippen LogP contribution < -0.4 is 5.32 Å². The molecule has 2 rings (SSSR count). The lowest BCUT2D eigenvalue weighted by atomic mass is 10.2. The molecule has 1 aliphatic heterocycles. The van der Waals surface area contributed by atoms with Gasteiger partial charge in [-0.2, -0.15) is 5.10 Å². The molecule has 19 heavy (non-hydrogen) atoms. The van der Waals surface area contributed by atoms with E-state index < -0.39 is 5.97 Å². The minimum atomic E-state index is -0.555. The van der Waals surface area contributed by atoms with E-state index in [0.717, 1.165) is 19.4 Å². The Hall–Kier alpha value is -1.89. The molecular formula is C12H17N3O4. The highest BCUT2D eigenvalue weighted by molar-refractivity contribution is 5.90. The van der Waals surface area contributed by atoms with Crippen molar-refractivity contribution in [3.05, 3.63) is 18.0 Å². The number of nitrogens with zero attached hydrogens (tertiary/aromatic N) is 2. The van der Waals surface area contributed by atoms with Gasteiger partial charge < -0.3 is 14.8 Å². The minimum Gasteiger partial charge on any atom is -0.452 e. The summed E-state index contributed by atoms with van der Waals surface area (Å²) in [6.07, 6.45) is 4.99. The predicted octanol–water partition coefficient (Wildman–Crippen LogP) is -0.128. The molecule has 0 saturated carbocycles. The van der Waals surface area contributed by atoms with Crippen LogP contribution in [0.1, 0.15) is 23.2 Å². The number of aryl methyl sites for hydroxylation is 1. The quantitative estimate of drug-likeness (QED) is 0.752. The molecular weight excluding hydrogens is 250 g/mol. The van der Waals surface area contributed by atoms with Gasteiger partial charge in [0.1, 0.15) is 0 Å². The van der Waals surface area contributed by atoms with E-state index in [2.05, 4.69) is 10.4 Å². The second-order valence-corrected chi connectivity index (χ2v) is 4.42. The molecule has 0 spiro atoms. The van der Waals surface area contributed by atoms with Gasteiger partial charge in [0.05, 0.1) is 17.9 Å². The Morgan fingerprint density at radius 1 is 1.63 bits per heavy atom. The Morgan fingerprint density at radius 3 is 3.11 bits per heavy atom. The van der Waals surface area contributed by atoms with Gasteiger partial charge in [0.15, 0.2) is 6.61 Å². The lowest BCUT2D eigenvalue weighted by Crippen LogP contribution is -2.34. The summed E-state index contributed by atoms with van der Waals surface area (Å²) >= 11 is 0. The Balaban J connectivity index is 1.66. The van der Waals surface area contributed by atoms with Crippen LogP contribution in [0.4, 0.5) is 0 Å². The molecule has 1 atom stereocenters. The maximum absolute atomic E-state index is 11.5. The number of hydrogen-bond donors (Lipinski definition) is 1. The van der Waals surface area contributed by atoms with Crippen LogP contribution in [0.15, 0.2) is 12.4 Å². The van der Waals surface area contributed by atoms with Gasteiger partial charge in [0.25, 0.3) is 5.91 Å². The fourth-order valence-electron chi connectivity index (χ4n) is 1.83. The van der Waals surface area contributed by atoms with Crippen molar-refractivity contribution in [2.75, 3.05) is 19.8 Å². The lowest BCUT2D eigenvalue weighted by Gasteiger charge is -2.10. The largest absolute Gasteiger partial charge is 0.452 e. The van der Waals surface area contributed by atoms with Crippen molar-refractivity contribution in [3.8, 4) is 0 Å². The van der Waals surface area contributed by atoms with E-state index in [1.807, 2.05) is 0 Å². The molecule has 1 aromatic heterocycles. The number of esters is 1. The molecule has 1 saturated heterocycles. The number of nitrogens with one attached hydrogen (secondary N) is 1. The topological polar surface area (TPSA) is 82.5 Å². The molecule has 1 N–H and O–H groups in total. The first kappa shape index (κ1) is 13.5. The molecule has 0 bridgehead atoms. The molecule has 0 radical (unpaired) electrons. The molecule has 0 aromatic carbocycles.